The summed E-state index contributed by atoms with van der Waals surface area (Å²) in [6.45, 7) is 2.28. The van der Waals surface area contributed by atoms with Gasteiger partial charge in [-0.15, -0.1) is 0 Å². The number of likely N-dealkylation sites (tertiary alicyclic amines) is 1. The smallest absolute Gasteiger partial charge is 0.0607 e. The Balaban J connectivity index is 1.80. The number of hydrogen-bond acceptors (Lipinski definition) is 3. The predicted molar refractivity (Wildman–Crippen MR) is 68.7 cm³/mol. The summed E-state index contributed by atoms with van der Waals surface area (Å²) in [7, 11) is 0. The van der Waals surface area contributed by atoms with Gasteiger partial charge in [0, 0.05) is 25.3 Å². The van der Waals surface area contributed by atoms with Gasteiger partial charge in [0.15, 0.2) is 0 Å². The van der Waals surface area contributed by atoms with Crippen molar-refractivity contribution in [1.82, 2.24) is 9.88 Å². The molecule has 2 aliphatic rings. The second kappa shape index (κ2) is 4.75. The van der Waals surface area contributed by atoms with Gasteiger partial charge in [0.05, 0.1) is 11.7 Å². The summed E-state index contributed by atoms with van der Waals surface area (Å²) in [6, 6.07) is 5.27. The van der Waals surface area contributed by atoms with Crippen molar-refractivity contribution >= 4 is 0 Å². The molecule has 3 rings (SSSR count). The van der Waals surface area contributed by atoms with E-state index in [1.807, 2.05) is 6.20 Å². The minimum absolute atomic E-state index is 0.415. The van der Waals surface area contributed by atoms with Crippen molar-refractivity contribution in [2.45, 2.75) is 44.2 Å². The number of fused-ring (bicyclic) bond motifs is 1. The lowest BCUT2D eigenvalue weighted by Gasteiger charge is -2.38. The van der Waals surface area contributed by atoms with E-state index in [1.54, 1.807) is 0 Å². The van der Waals surface area contributed by atoms with Crippen LogP contribution in [0.5, 0.6) is 0 Å². The third-order valence-electron chi connectivity index (χ3n) is 4.18. The SMILES string of the molecule is NC1CCN(C2CCCc3cccnc32)CC1. The molecule has 1 aliphatic carbocycles. The minimum Gasteiger partial charge on any atom is -0.328 e. The van der Waals surface area contributed by atoms with Crippen LogP contribution in [0.3, 0.4) is 0 Å². The lowest BCUT2D eigenvalue weighted by atomic mass is 9.89. The van der Waals surface area contributed by atoms with Crippen LogP contribution in [0.25, 0.3) is 0 Å². The molecule has 3 heteroatoms. The van der Waals surface area contributed by atoms with E-state index in [9.17, 15) is 0 Å². The van der Waals surface area contributed by atoms with Gasteiger partial charge in [-0.2, -0.15) is 0 Å². The molecule has 92 valence electrons. The Labute approximate surface area is 103 Å². The summed E-state index contributed by atoms with van der Waals surface area (Å²) < 4.78 is 0. The average molecular weight is 231 g/mol. The molecule has 2 heterocycles. The zero-order chi connectivity index (χ0) is 11.7. The van der Waals surface area contributed by atoms with Crippen molar-refractivity contribution in [3.8, 4) is 0 Å². The number of nitrogens with zero attached hydrogens (tertiary/aromatic N) is 2. The molecule has 17 heavy (non-hydrogen) atoms. The van der Waals surface area contributed by atoms with Crippen LogP contribution in [-0.2, 0) is 6.42 Å². The van der Waals surface area contributed by atoms with Crippen LogP contribution in [-0.4, -0.2) is 29.0 Å². The predicted octanol–water partition coefficient (Wildman–Crippen LogP) is 1.88. The van der Waals surface area contributed by atoms with E-state index in [-0.39, 0.29) is 0 Å². The lowest BCUT2D eigenvalue weighted by molar-refractivity contribution is 0.136. The summed E-state index contributed by atoms with van der Waals surface area (Å²) in [5, 5.41) is 0. The lowest BCUT2D eigenvalue weighted by Crippen LogP contribution is -2.42. The maximum absolute atomic E-state index is 5.98. The maximum atomic E-state index is 5.98. The van der Waals surface area contributed by atoms with E-state index in [1.165, 1.54) is 30.5 Å². The molecule has 1 fully saturated rings. The van der Waals surface area contributed by atoms with Crippen molar-refractivity contribution in [3.05, 3.63) is 29.6 Å². The van der Waals surface area contributed by atoms with Gasteiger partial charge in [-0.25, -0.2) is 0 Å². The third-order valence-corrected chi connectivity index (χ3v) is 4.18. The van der Waals surface area contributed by atoms with E-state index in [0.717, 1.165) is 25.9 Å². The quantitative estimate of drug-likeness (QED) is 0.802. The molecule has 1 aliphatic heterocycles. The number of piperidine rings is 1. The topological polar surface area (TPSA) is 42.1 Å². The number of pyridine rings is 1. The fraction of sp³-hybridized carbons (Fsp3) is 0.643. The Bertz CT molecular complexity index is 383. The second-order valence-electron chi connectivity index (χ2n) is 5.33. The second-order valence-corrected chi connectivity index (χ2v) is 5.33. The first-order valence-corrected chi connectivity index (χ1v) is 6.78. The van der Waals surface area contributed by atoms with Crippen molar-refractivity contribution in [1.29, 1.82) is 0 Å². The highest BCUT2D eigenvalue weighted by molar-refractivity contribution is 5.25. The largest absolute Gasteiger partial charge is 0.328 e. The van der Waals surface area contributed by atoms with Gasteiger partial charge >= 0.3 is 0 Å². The van der Waals surface area contributed by atoms with Crippen molar-refractivity contribution in [2.24, 2.45) is 5.73 Å². The molecule has 1 aromatic rings. The number of nitrogens with two attached hydrogens (primary N) is 1. The van der Waals surface area contributed by atoms with Crippen LogP contribution < -0.4 is 5.73 Å². The van der Waals surface area contributed by atoms with E-state index in [2.05, 4.69) is 22.0 Å². The number of aryl methyl sites for hydroxylation is 1. The first kappa shape index (κ1) is 11.2. The van der Waals surface area contributed by atoms with Crippen molar-refractivity contribution < 1.29 is 0 Å². The summed E-state index contributed by atoms with van der Waals surface area (Å²) in [6.07, 6.45) is 7.97. The monoisotopic (exact) mass is 231 g/mol. The van der Waals surface area contributed by atoms with Gasteiger partial charge in [0.1, 0.15) is 0 Å². The molecule has 1 atom stereocenters. The zero-order valence-electron chi connectivity index (χ0n) is 10.3. The van der Waals surface area contributed by atoms with Gasteiger partial charge in [-0.3, -0.25) is 9.88 Å². The van der Waals surface area contributed by atoms with Crippen LogP contribution >= 0.6 is 0 Å². The van der Waals surface area contributed by atoms with E-state index in [0.29, 0.717) is 12.1 Å². The Morgan fingerprint density at radius 1 is 1.24 bits per heavy atom. The van der Waals surface area contributed by atoms with Gasteiger partial charge in [-0.05, 0) is 43.7 Å². The molecular weight excluding hydrogens is 210 g/mol. The number of hydrogen-bond donors (Lipinski definition) is 1. The Kier molecular flexibility index (Phi) is 3.12. The van der Waals surface area contributed by atoms with Crippen molar-refractivity contribution in [3.63, 3.8) is 0 Å². The number of aromatic nitrogens is 1. The van der Waals surface area contributed by atoms with Crippen LogP contribution in [0.15, 0.2) is 18.3 Å². The van der Waals surface area contributed by atoms with Gasteiger partial charge in [0.2, 0.25) is 0 Å². The standard InChI is InChI=1S/C14H21N3/c15-12-6-9-17(10-7-12)13-5-1-3-11-4-2-8-16-14(11)13/h2,4,8,12-13H,1,3,5-7,9-10,15H2. The Morgan fingerprint density at radius 3 is 2.88 bits per heavy atom. The fourth-order valence-corrected chi connectivity index (χ4v) is 3.17. The zero-order valence-corrected chi connectivity index (χ0v) is 10.3. The fourth-order valence-electron chi connectivity index (χ4n) is 3.17. The summed E-state index contributed by atoms with van der Waals surface area (Å²) >= 11 is 0. The normalized spacial score (nSPS) is 26.8. The molecule has 2 N–H and O–H groups in total. The summed E-state index contributed by atoms with van der Waals surface area (Å²) in [4.78, 5) is 7.21. The minimum atomic E-state index is 0.415. The Morgan fingerprint density at radius 2 is 2.06 bits per heavy atom. The van der Waals surface area contributed by atoms with Gasteiger partial charge < -0.3 is 5.73 Å². The first-order valence-electron chi connectivity index (χ1n) is 6.78. The van der Waals surface area contributed by atoms with E-state index in [4.69, 9.17) is 5.73 Å². The van der Waals surface area contributed by atoms with E-state index < -0.39 is 0 Å². The number of rotatable bonds is 1. The molecule has 0 spiro atoms. The van der Waals surface area contributed by atoms with E-state index >= 15 is 0 Å². The van der Waals surface area contributed by atoms with Crippen LogP contribution in [0, 0.1) is 0 Å². The molecule has 0 amide bonds. The summed E-state index contributed by atoms with van der Waals surface area (Å²) in [5.41, 5.74) is 8.76. The first-order chi connectivity index (χ1) is 8.34. The highest BCUT2D eigenvalue weighted by atomic mass is 15.2. The molecule has 1 unspecified atom stereocenters. The highest BCUT2D eigenvalue weighted by Gasteiger charge is 2.29. The molecule has 3 nitrogen and oxygen atoms in total. The highest BCUT2D eigenvalue weighted by Crippen LogP contribution is 2.33. The Hall–Kier alpha value is -0.930. The molecule has 1 saturated heterocycles. The van der Waals surface area contributed by atoms with Crippen LogP contribution in [0.4, 0.5) is 0 Å². The van der Waals surface area contributed by atoms with Crippen LogP contribution in [0.2, 0.25) is 0 Å². The van der Waals surface area contributed by atoms with Crippen LogP contribution in [0.1, 0.15) is 43.0 Å². The molecule has 0 radical (unpaired) electrons. The third kappa shape index (κ3) is 2.22. The average Bonchev–Trinajstić information content (AvgIpc) is 2.39. The molecule has 0 saturated carbocycles. The van der Waals surface area contributed by atoms with Crippen molar-refractivity contribution in [2.75, 3.05) is 13.1 Å². The molecule has 0 aromatic carbocycles. The molecule has 1 aromatic heterocycles. The molecule has 0 bridgehead atoms. The van der Waals surface area contributed by atoms with Gasteiger partial charge in [0.25, 0.3) is 0 Å². The summed E-state index contributed by atoms with van der Waals surface area (Å²) in [5.74, 6) is 0. The van der Waals surface area contributed by atoms with Gasteiger partial charge in [-0.1, -0.05) is 6.07 Å². The maximum Gasteiger partial charge on any atom is 0.0607 e. The molecular formula is C14H21N3.